The molecule has 1 saturated heterocycles. The number of imide groups is 1. The summed E-state index contributed by atoms with van der Waals surface area (Å²) in [7, 11) is 0. The van der Waals surface area contributed by atoms with Crippen LogP contribution in [0, 0.1) is 25.7 Å². The van der Waals surface area contributed by atoms with Gasteiger partial charge in [-0.3, -0.25) is 19.3 Å². The topological polar surface area (TPSA) is 54.5 Å². The van der Waals surface area contributed by atoms with Crippen LogP contribution in [0.4, 0.5) is 0 Å². The number of amides is 2. The van der Waals surface area contributed by atoms with Crippen LogP contribution in [-0.2, 0) is 9.59 Å². The van der Waals surface area contributed by atoms with Crippen molar-refractivity contribution in [3.05, 3.63) is 21.4 Å². The molecule has 2 atom stereocenters. The van der Waals surface area contributed by atoms with E-state index < -0.39 is 0 Å². The molecule has 1 saturated carbocycles. The average Bonchev–Trinajstić information content (AvgIpc) is 3.04. The first-order valence-electron chi connectivity index (χ1n) is 6.94. The highest BCUT2D eigenvalue weighted by Gasteiger charge is 2.50. The monoisotopic (exact) mass is 291 g/mol. The molecular formula is C15H17NO3S. The van der Waals surface area contributed by atoms with Gasteiger partial charge in [0, 0.05) is 15.3 Å². The Hall–Kier alpha value is -1.49. The van der Waals surface area contributed by atoms with Crippen LogP contribution < -0.4 is 0 Å². The van der Waals surface area contributed by atoms with Gasteiger partial charge in [-0.25, -0.2) is 0 Å². The molecule has 20 heavy (non-hydrogen) atoms. The van der Waals surface area contributed by atoms with Crippen molar-refractivity contribution in [1.82, 2.24) is 4.90 Å². The van der Waals surface area contributed by atoms with Crippen LogP contribution in [0.2, 0.25) is 0 Å². The Bertz CT molecular complexity index is 582. The Morgan fingerprint density at radius 2 is 1.85 bits per heavy atom. The first-order chi connectivity index (χ1) is 9.49. The molecule has 1 aliphatic heterocycles. The molecule has 1 aromatic rings. The maximum atomic E-state index is 12.3. The fourth-order valence-corrected chi connectivity index (χ4v) is 4.29. The van der Waals surface area contributed by atoms with E-state index in [-0.39, 0.29) is 36.0 Å². The highest BCUT2D eigenvalue weighted by Crippen LogP contribution is 2.39. The van der Waals surface area contributed by atoms with Gasteiger partial charge in [-0.1, -0.05) is 6.42 Å². The Morgan fingerprint density at radius 3 is 2.35 bits per heavy atom. The smallest absolute Gasteiger partial charge is 0.233 e. The molecule has 1 aromatic heterocycles. The minimum atomic E-state index is -0.166. The van der Waals surface area contributed by atoms with Crippen LogP contribution in [0.3, 0.4) is 0 Å². The van der Waals surface area contributed by atoms with E-state index in [1.165, 1.54) is 4.90 Å². The SMILES string of the molecule is Cc1cc(C(=O)CN2C(=O)C3CCCC3C2=O)c(C)s1. The van der Waals surface area contributed by atoms with Gasteiger partial charge in [-0.05, 0) is 32.8 Å². The number of hydrogen-bond donors (Lipinski definition) is 0. The number of ketones is 1. The lowest BCUT2D eigenvalue weighted by atomic mass is 10.00. The number of carbonyl (C=O) groups excluding carboxylic acids is 3. The van der Waals surface area contributed by atoms with Crippen LogP contribution in [0.5, 0.6) is 0 Å². The minimum Gasteiger partial charge on any atom is -0.292 e. The molecule has 2 heterocycles. The normalized spacial score (nSPS) is 25.4. The Morgan fingerprint density at radius 1 is 1.25 bits per heavy atom. The fourth-order valence-electron chi connectivity index (χ4n) is 3.35. The van der Waals surface area contributed by atoms with Gasteiger partial charge in [0.05, 0.1) is 18.4 Å². The number of carbonyl (C=O) groups is 3. The molecule has 2 fully saturated rings. The Kier molecular flexibility index (Phi) is 3.24. The standard InChI is InChI=1S/C15H17NO3S/c1-8-6-12(9(2)20-8)13(17)7-16-14(18)10-4-3-5-11(10)15(16)19/h6,10-11H,3-5,7H2,1-2H3. The first-order valence-corrected chi connectivity index (χ1v) is 7.76. The zero-order chi connectivity index (χ0) is 14.4. The number of Topliss-reactive ketones (excluding diaryl/α,β-unsaturated/α-hetero) is 1. The number of rotatable bonds is 3. The molecule has 106 valence electrons. The van der Waals surface area contributed by atoms with Crippen molar-refractivity contribution in [3.63, 3.8) is 0 Å². The molecule has 2 aliphatic rings. The summed E-state index contributed by atoms with van der Waals surface area (Å²) >= 11 is 1.56. The summed E-state index contributed by atoms with van der Waals surface area (Å²) in [5.41, 5.74) is 0.644. The Labute approximate surface area is 121 Å². The fraction of sp³-hybridized carbons (Fsp3) is 0.533. The third-order valence-corrected chi connectivity index (χ3v) is 5.29. The van der Waals surface area contributed by atoms with Crippen molar-refractivity contribution < 1.29 is 14.4 Å². The number of likely N-dealkylation sites (tertiary alicyclic amines) is 1. The molecule has 1 aliphatic carbocycles. The van der Waals surface area contributed by atoms with E-state index in [2.05, 4.69) is 0 Å². The van der Waals surface area contributed by atoms with Crippen molar-refractivity contribution in [2.75, 3.05) is 6.54 Å². The summed E-state index contributed by atoms with van der Waals surface area (Å²) in [5.74, 6) is -0.749. The third kappa shape index (κ3) is 2.00. The predicted molar refractivity (Wildman–Crippen MR) is 75.7 cm³/mol. The van der Waals surface area contributed by atoms with Gasteiger partial charge in [0.25, 0.3) is 0 Å². The quantitative estimate of drug-likeness (QED) is 0.634. The molecular weight excluding hydrogens is 274 g/mol. The van der Waals surface area contributed by atoms with E-state index in [1.807, 2.05) is 19.9 Å². The van der Waals surface area contributed by atoms with Crippen molar-refractivity contribution in [3.8, 4) is 0 Å². The van der Waals surface area contributed by atoms with Crippen molar-refractivity contribution in [2.45, 2.75) is 33.1 Å². The second-order valence-corrected chi connectivity index (χ2v) is 7.12. The minimum absolute atomic E-state index is 0.0956. The molecule has 4 nitrogen and oxygen atoms in total. The van der Waals surface area contributed by atoms with Crippen molar-refractivity contribution >= 4 is 28.9 Å². The number of aryl methyl sites for hydroxylation is 2. The van der Waals surface area contributed by atoms with Crippen molar-refractivity contribution in [2.24, 2.45) is 11.8 Å². The van der Waals surface area contributed by atoms with Crippen LogP contribution in [0.15, 0.2) is 6.07 Å². The number of nitrogens with zero attached hydrogens (tertiary/aromatic N) is 1. The summed E-state index contributed by atoms with van der Waals surface area (Å²) in [5, 5.41) is 0. The van der Waals surface area contributed by atoms with Gasteiger partial charge in [0.1, 0.15) is 0 Å². The summed E-state index contributed by atoms with van der Waals surface area (Å²) in [6.45, 7) is 3.75. The zero-order valence-electron chi connectivity index (χ0n) is 11.6. The molecule has 0 N–H and O–H groups in total. The predicted octanol–water partition coefficient (Wildman–Crippen LogP) is 2.33. The van der Waals surface area contributed by atoms with Crippen LogP contribution in [0.25, 0.3) is 0 Å². The lowest BCUT2D eigenvalue weighted by molar-refractivity contribution is -0.139. The van der Waals surface area contributed by atoms with E-state index in [0.717, 1.165) is 29.0 Å². The van der Waals surface area contributed by atoms with Crippen LogP contribution in [-0.4, -0.2) is 29.0 Å². The van der Waals surface area contributed by atoms with Crippen molar-refractivity contribution in [1.29, 1.82) is 0 Å². The first kappa shape index (κ1) is 13.5. The lowest BCUT2D eigenvalue weighted by Gasteiger charge is -2.14. The highest BCUT2D eigenvalue weighted by molar-refractivity contribution is 7.12. The van der Waals surface area contributed by atoms with E-state index in [9.17, 15) is 14.4 Å². The molecule has 0 aromatic carbocycles. The van der Waals surface area contributed by atoms with Gasteiger partial charge in [0.15, 0.2) is 5.78 Å². The maximum absolute atomic E-state index is 12.3. The van der Waals surface area contributed by atoms with Gasteiger partial charge in [-0.15, -0.1) is 11.3 Å². The highest BCUT2D eigenvalue weighted by atomic mass is 32.1. The van der Waals surface area contributed by atoms with Crippen LogP contribution in [0.1, 0.15) is 39.4 Å². The second kappa shape index (κ2) is 4.81. The van der Waals surface area contributed by atoms with Gasteiger partial charge >= 0.3 is 0 Å². The maximum Gasteiger partial charge on any atom is 0.233 e. The van der Waals surface area contributed by atoms with Gasteiger partial charge in [0.2, 0.25) is 11.8 Å². The summed E-state index contributed by atoms with van der Waals surface area (Å²) in [6, 6.07) is 1.84. The molecule has 2 amide bonds. The van der Waals surface area contributed by atoms with Crippen LogP contribution >= 0.6 is 11.3 Å². The molecule has 0 radical (unpaired) electrons. The summed E-state index contributed by atoms with van der Waals surface area (Å²) in [4.78, 5) is 39.9. The molecule has 3 rings (SSSR count). The average molecular weight is 291 g/mol. The summed E-state index contributed by atoms with van der Waals surface area (Å²) in [6.07, 6.45) is 2.52. The molecule has 2 unspecified atom stereocenters. The summed E-state index contributed by atoms with van der Waals surface area (Å²) < 4.78 is 0. The lowest BCUT2D eigenvalue weighted by Crippen LogP contribution is -2.36. The number of fused-ring (bicyclic) bond motifs is 1. The van der Waals surface area contributed by atoms with Gasteiger partial charge < -0.3 is 0 Å². The van der Waals surface area contributed by atoms with E-state index in [0.29, 0.717) is 5.56 Å². The molecule has 0 bridgehead atoms. The van der Waals surface area contributed by atoms with E-state index >= 15 is 0 Å². The van der Waals surface area contributed by atoms with E-state index in [1.54, 1.807) is 11.3 Å². The van der Waals surface area contributed by atoms with Gasteiger partial charge in [-0.2, -0.15) is 0 Å². The molecule has 0 spiro atoms. The second-order valence-electron chi connectivity index (χ2n) is 5.66. The number of thiophene rings is 1. The van der Waals surface area contributed by atoms with E-state index in [4.69, 9.17) is 0 Å². The zero-order valence-corrected chi connectivity index (χ0v) is 12.5. The largest absolute Gasteiger partial charge is 0.292 e. The molecule has 5 heteroatoms. The third-order valence-electron chi connectivity index (χ3n) is 4.33. The Balaban J connectivity index is 1.78. The number of hydrogen-bond acceptors (Lipinski definition) is 4.